The maximum atomic E-state index is 6.89. The molecule has 0 saturated carbocycles. The van der Waals surface area contributed by atoms with Crippen LogP contribution in [0.15, 0.2) is 276 Å². The summed E-state index contributed by atoms with van der Waals surface area (Å²) in [6.45, 7) is 15.9. The molecule has 0 fully saturated rings. The van der Waals surface area contributed by atoms with E-state index in [0.717, 1.165) is 89.1 Å². The van der Waals surface area contributed by atoms with Gasteiger partial charge in [0.1, 0.15) is 11.2 Å². The molecule has 16 rings (SSSR count). The van der Waals surface area contributed by atoms with E-state index in [4.69, 9.17) is 8.83 Å². The molecule has 0 radical (unpaired) electrons. The molecular weight excluding hydrogens is 1070 g/mol. The topological polar surface area (TPSA) is 32.8 Å². The molecule has 15 aromatic rings. The summed E-state index contributed by atoms with van der Waals surface area (Å²) in [6.07, 6.45) is 0. The molecule has 2 aromatic heterocycles. The van der Waals surface area contributed by atoms with E-state index in [1.807, 2.05) is 0 Å². The van der Waals surface area contributed by atoms with E-state index in [2.05, 4.69) is 316 Å². The van der Waals surface area contributed by atoms with Gasteiger partial charge in [-0.3, -0.25) is 0 Å². The lowest BCUT2D eigenvalue weighted by Crippen LogP contribution is -2.63. The van der Waals surface area contributed by atoms with Crippen LogP contribution in [0.1, 0.15) is 11.1 Å². The Balaban J connectivity index is 0.931. The largest absolute Gasteiger partial charge is 0.454 e. The van der Waals surface area contributed by atoms with Crippen molar-refractivity contribution in [2.24, 2.45) is 0 Å². The average molecular weight is 1130 g/mol. The molecular formula is C79H62N2O2Si2. The predicted octanol–water partition coefficient (Wildman–Crippen LogP) is 23.2. The second-order valence-corrected chi connectivity index (χ2v) is 36.2. The lowest BCUT2D eigenvalue weighted by atomic mass is 9.91. The summed E-state index contributed by atoms with van der Waals surface area (Å²) in [4.78, 5) is 4.84. The van der Waals surface area contributed by atoms with Crippen LogP contribution in [0.3, 0.4) is 0 Å². The van der Waals surface area contributed by atoms with Gasteiger partial charge in [-0.1, -0.05) is 233 Å². The lowest BCUT2D eigenvalue weighted by molar-refractivity contribution is 0.668. The molecule has 1 aliphatic rings. The zero-order chi connectivity index (χ0) is 57.3. The fraction of sp³-hybridized carbons (Fsp3) is 0.0886. The number of fused-ring (bicyclic) bond motifs is 16. The molecule has 0 unspecified atom stereocenters. The minimum Gasteiger partial charge on any atom is -0.454 e. The summed E-state index contributed by atoms with van der Waals surface area (Å²) < 4.78 is 13.5. The Morgan fingerprint density at radius 3 is 1.27 bits per heavy atom. The average Bonchev–Trinajstić information content (AvgIpc) is 1.57. The molecule has 6 heteroatoms. The number of anilines is 6. The number of hydrogen-bond acceptors (Lipinski definition) is 4. The van der Waals surface area contributed by atoms with E-state index in [1.165, 1.54) is 65.7 Å². The first-order valence-corrected chi connectivity index (χ1v) is 36.7. The van der Waals surface area contributed by atoms with Crippen LogP contribution in [0.2, 0.25) is 39.3 Å². The summed E-state index contributed by atoms with van der Waals surface area (Å²) in [7, 11) is -4.54. The molecule has 0 aliphatic heterocycles. The maximum Gasteiger partial charge on any atom is 0.159 e. The second-order valence-electron chi connectivity index (χ2n) is 25.2. The number of nitrogens with zero attached hydrogens (tertiary/aromatic N) is 2. The van der Waals surface area contributed by atoms with Crippen molar-refractivity contribution in [3.05, 3.63) is 278 Å². The zero-order valence-electron chi connectivity index (χ0n) is 48.6. The van der Waals surface area contributed by atoms with Gasteiger partial charge in [0.25, 0.3) is 0 Å². The van der Waals surface area contributed by atoms with E-state index >= 15 is 0 Å². The Hall–Kier alpha value is -9.73. The summed E-state index contributed by atoms with van der Waals surface area (Å²) in [5, 5.41) is 12.2. The van der Waals surface area contributed by atoms with Crippen molar-refractivity contribution >= 4 is 126 Å². The van der Waals surface area contributed by atoms with Gasteiger partial charge in [-0.25, -0.2) is 0 Å². The van der Waals surface area contributed by atoms with Crippen molar-refractivity contribution < 1.29 is 8.83 Å². The summed E-state index contributed by atoms with van der Waals surface area (Å²) in [5.41, 5.74) is 20.2. The van der Waals surface area contributed by atoms with Gasteiger partial charge in [0, 0.05) is 49.0 Å². The first kappa shape index (κ1) is 51.0. The van der Waals surface area contributed by atoms with Crippen LogP contribution in [0.5, 0.6) is 0 Å². The van der Waals surface area contributed by atoms with Crippen LogP contribution in [-0.2, 0) is 4.66 Å². The molecule has 85 heavy (non-hydrogen) atoms. The monoisotopic (exact) mass is 1130 g/mol. The third kappa shape index (κ3) is 7.71. The molecule has 408 valence electrons. The molecule has 13 aromatic carbocycles. The van der Waals surface area contributed by atoms with Gasteiger partial charge in [0.15, 0.2) is 11.2 Å². The van der Waals surface area contributed by atoms with Crippen LogP contribution >= 0.6 is 0 Å². The molecule has 2 heterocycles. The Morgan fingerprint density at radius 2 is 0.729 bits per heavy atom. The number of para-hydroxylation sites is 4. The Morgan fingerprint density at radius 1 is 0.294 bits per heavy atom. The van der Waals surface area contributed by atoms with Gasteiger partial charge in [0.05, 0.1) is 27.5 Å². The highest BCUT2D eigenvalue weighted by molar-refractivity contribution is 7.00. The third-order valence-electron chi connectivity index (χ3n) is 18.5. The van der Waals surface area contributed by atoms with E-state index in [-0.39, 0.29) is 4.66 Å². The standard InChI is InChI=1S/C79H62N2O2Si2/c1-84(2,3)79(85(4,5)6)75-60-45-42-58(80(56-29-19-27-53(47-56)51-23-9-7-10-24-51)70-37-21-35-66-62-32-15-17-39-72(62)82-77(66)70)49-55(60)41-44-68(75)74-64-34-14-13-31-61(64)69-50-59(43-46-65(69)76(74)79)81(57-30-20-28-54(48-57)52-25-11-8-12-26-52)71-38-22-36-67-63-33-16-18-40-73(63)83-78(67)71/h7-50H,1-6H3. The molecule has 0 amide bonds. The minimum atomic E-state index is -2.27. The van der Waals surface area contributed by atoms with Gasteiger partial charge in [-0.15, -0.1) is 0 Å². The maximum absolute atomic E-state index is 6.89. The van der Waals surface area contributed by atoms with Gasteiger partial charge < -0.3 is 18.6 Å². The highest BCUT2D eigenvalue weighted by Gasteiger charge is 2.60. The number of furan rings is 2. The first-order chi connectivity index (χ1) is 41.4. The summed E-state index contributed by atoms with van der Waals surface area (Å²) in [6, 6.07) is 98.2. The van der Waals surface area contributed by atoms with Crippen molar-refractivity contribution in [1.82, 2.24) is 0 Å². The molecule has 0 N–H and O–H groups in total. The molecule has 1 aliphatic carbocycles. The lowest BCUT2D eigenvalue weighted by Gasteiger charge is -2.52. The van der Waals surface area contributed by atoms with Crippen LogP contribution in [0.25, 0.3) is 110 Å². The number of hydrogen-bond donors (Lipinski definition) is 0. The van der Waals surface area contributed by atoms with Gasteiger partial charge in [0.2, 0.25) is 0 Å². The van der Waals surface area contributed by atoms with Crippen molar-refractivity contribution in [2.45, 2.75) is 43.9 Å². The quantitative estimate of drug-likeness (QED) is 0.101. The molecule has 0 atom stereocenters. The number of benzene rings is 13. The Bertz CT molecular complexity index is 5170. The normalized spacial score (nSPS) is 13.2. The van der Waals surface area contributed by atoms with Gasteiger partial charge in [-0.2, -0.15) is 0 Å². The molecule has 4 nitrogen and oxygen atoms in total. The third-order valence-corrected chi connectivity index (χ3v) is 28.5. The molecule has 0 saturated heterocycles. The number of rotatable bonds is 10. The minimum absolute atomic E-state index is 0.206. The Kier molecular flexibility index (Phi) is 11.5. The van der Waals surface area contributed by atoms with E-state index in [9.17, 15) is 0 Å². The second kappa shape index (κ2) is 19.2. The van der Waals surface area contributed by atoms with Crippen molar-refractivity contribution in [2.75, 3.05) is 9.80 Å². The fourth-order valence-electron chi connectivity index (χ4n) is 15.4. The van der Waals surface area contributed by atoms with Crippen molar-refractivity contribution in [1.29, 1.82) is 0 Å². The molecule has 0 spiro atoms. The highest BCUT2D eigenvalue weighted by atomic mass is 28.4. The van der Waals surface area contributed by atoms with Gasteiger partial charge in [-0.05, 0) is 150 Å². The Labute approximate surface area is 497 Å². The van der Waals surface area contributed by atoms with Crippen LogP contribution in [-0.4, -0.2) is 16.1 Å². The van der Waals surface area contributed by atoms with E-state index in [0.29, 0.717) is 0 Å². The van der Waals surface area contributed by atoms with Gasteiger partial charge >= 0.3 is 0 Å². The van der Waals surface area contributed by atoms with Crippen molar-refractivity contribution in [3.63, 3.8) is 0 Å². The molecule has 0 bridgehead atoms. The van der Waals surface area contributed by atoms with Crippen LogP contribution in [0, 0.1) is 0 Å². The van der Waals surface area contributed by atoms with Crippen LogP contribution in [0.4, 0.5) is 34.1 Å². The van der Waals surface area contributed by atoms with Crippen LogP contribution < -0.4 is 9.80 Å². The fourth-order valence-corrected chi connectivity index (χ4v) is 28.4. The summed E-state index contributed by atoms with van der Waals surface area (Å²) >= 11 is 0. The first-order valence-electron chi connectivity index (χ1n) is 29.7. The SMILES string of the molecule is C[Si](C)(C)C1([Si](C)(C)C)c2c(ccc3cc(N(c4cccc(-c5ccccc5)c4)c4cccc5c4oc4ccccc45)ccc23)-c2c1c1ccc(N(c3cccc(-c4ccccc4)c3)c3cccc4c3oc3ccccc34)cc1c1ccccc21. The smallest absolute Gasteiger partial charge is 0.159 e. The van der Waals surface area contributed by atoms with E-state index in [1.54, 1.807) is 0 Å². The highest BCUT2D eigenvalue weighted by Crippen LogP contribution is 2.64. The summed E-state index contributed by atoms with van der Waals surface area (Å²) in [5.74, 6) is 0. The zero-order valence-corrected chi connectivity index (χ0v) is 50.6. The van der Waals surface area contributed by atoms with E-state index < -0.39 is 16.1 Å². The predicted molar refractivity (Wildman–Crippen MR) is 367 cm³/mol. The van der Waals surface area contributed by atoms with Crippen molar-refractivity contribution in [3.8, 4) is 33.4 Å².